The SMILES string of the molecule is C[C@@H]1CN(C(=O)CCn2nnc3ccccc32)C[C@]1(C)O. The Morgan fingerprint density at radius 3 is 2.95 bits per heavy atom. The molecule has 0 unspecified atom stereocenters. The molecule has 1 N–H and O–H groups in total. The first-order valence-corrected chi connectivity index (χ1v) is 7.26. The molecule has 2 heterocycles. The molecule has 0 saturated carbocycles. The number of rotatable bonds is 3. The van der Waals surface area contributed by atoms with Crippen LogP contribution in [0.25, 0.3) is 11.0 Å². The fraction of sp³-hybridized carbons (Fsp3) is 0.533. The van der Waals surface area contributed by atoms with Gasteiger partial charge in [0.1, 0.15) is 5.52 Å². The number of benzene rings is 1. The molecule has 1 aromatic heterocycles. The summed E-state index contributed by atoms with van der Waals surface area (Å²) in [6, 6.07) is 7.70. The Hall–Kier alpha value is -1.95. The van der Waals surface area contributed by atoms with Gasteiger partial charge in [0.05, 0.1) is 17.7 Å². The number of hydrogen-bond acceptors (Lipinski definition) is 4. The van der Waals surface area contributed by atoms with Crippen LogP contribution in [0.3, 0.4) is 0 Å². The van der Waals surface area contributed by atoms with Crippen LogP contribution in [-0.2, 0) is 11.3 Å². The molecule has 6 heteroatoms. The number of nitrogens with zero attached hydrogens (tertiary/aromatic N) is 4. The fourth-order valence-electron chi connectivity index (χ4n) is 2.77. The van der Waals surface area contributed by atoms with Crippen LogP contribution in [0, 0.1) is 5.92 Å². The summed E-state index contributed by atoms with van der Waals surface area (Å²) in [5, 5.41) is 18.3. The predicted molar refractivity (Wildman–Crippen MR) is 78.5 cm³/mol. The summed E-state index contributed by atoms with van der Waals surface area (Å²) in [7, 11) is 0. The molecule has 3 rings (SSSR count). The average molecular weight is 288 g/mol. The molecule has 0 radical (unpaired) electrons. The van der Waals surface area contributed by atoms with E-state index in [1.807, 2.05) is 31.2 Å². The monoisotopic (exact) mass is 288 g/mol. The smallest absolute Gasteiger partial charge is 0.224 e. The minimum atomic E-state index is -0.782. The number of carbonyl (C=O) groups is 1. The van der Waals surface area contributed by atoms with E-state index >= 15 is 0 Å². The maximum atomic E-state index is 12.3. The highest BCUT2D eigenvalue weighted by Gasteiger charge is 2.40. The number of aromatic nitrogens is 3. The lowest BCUT2D eigenvalue weighted by atomic mass is 9.95. The van der Waals surface area contributed by atoms with Crippen molar-refractivity contribution < 1.29 is 9.90 Å². The van der Waals surface area contributed by atoms with E-state index in [4.69, 9.17) is 0 Å². The van der Waals surface area contributed by atoms with E-state index in [1.54, 1.807) is 16.5 Å². The van der Waals surface area contributed by atoms with Gasteiger partial charge in [-0.3, -0.25) is 4.79 Å². The summed E-state index contributed by atoms with van der Waals surface area (Å²) in [4.78, 5) is 14.0. The number of likely N-dealkylation sites (tertiary alicyclic amines) is 1. The number of fused-ring (bicyclic) bond motifs is 1. The quantitative estimate of drug-likeness (QED) is 0.916. The van der Waals surface area contributed by atoms with E-state index in [-0.39, 0.29) is 11.8 Å². The Morgan fingerprint density at radius 2 is 2.24 bits per heavy atom. The first-order chi connectivity index (χ1) is 9.97. The summed E-state index contributed by atoms with van der Waals surface area (Å²) in [6.45, 7) is 5.29. The van der Waals surface area contributed by atoms with E-state index < -0.39 is 5.60 Å². The molecule has 1 amide bonds. The first-order valence-electron chi connectivity index (χ1n) is 7.26. The molecule has 1 aliphatic rings. The van der Waals surface area contributed by atoms with E-state index in [2.05, 4.69) is 10.3 Å². The van der Waals surface area contributed by atoms with Crippen molar-refractivity contribution in [1.29, 1.82) is 0 Å². The molecule has 2 aromatic rings. The van der Waals surface area contributed by atoms with Gasteiger partial charge < -0.3 is 10.0 Å². The third-order valence-electron chi connectivity index (χ3n) is 4.38. The lowest BCUT2D eigenvalue weighted by molar-refractivity contribution is -0.131. The van der Waals surface area contributed by atoms with Crippen LogP contribution in [0.1, 0.15) is 20.3 Å². The molecule has 0 bridgehead atoms. The van der Waals surface area contributed by atoms with Crippen LogP contribution in [0.4, 0.5) is 0 Å². The zero-order valence-corrected chi connectivity index (χ0v) is 12.4. The molecule has 0 aliphatic carbocycles. The van der Waals surface area contributed by atoms with Crippen molar-refractivity contribution in [2.75, 3.05) is 13.1 Å². The first kappa shape index (κ1) is 14.0. The van der Waals surface area contributed by atoms with Crippen molar-refractivity contribution in [3.05, 3.63) is 24.3 Å². The fourth-order valence-corrected chi connectivity index (χ4v) is 2.77. The van der Waals surface area contributed by atoms with E-state index in [1.165, 1.54) is 0 Å². The molecule has 0 spiro atoms. The van der Waals surface area contributed by atoms with Gasteiger partial charge in [-0.25, -0.2) is 4.68 Å². The van der Waals surface area contributed by atoms with Crippen LogP contribution < -0.4 is 0 Å². The second-order valence-corrected chi connectivity index (χ2v) is 6.08. The Balaban J connectivity index is 1.64. The third-order valence-corrected chi connectivity index (χ3v) is 4.38. The summed E-state index contributed by atoms with van der Waals surface area (Å²) < 4.78 is 1.75. The van der Waals surface area contributed by atoms with Gasteiger partial charge in [0.15, 0.2) is 0 Å². The second-order valence-electron chi connectivity index (χ2n) is 6.08. The maximum absolute atomic E-state index is 12.3. The lowest BCUT2D eigenvalue weighted by Gasteiger charge is -2.20. The van der Waals surface area contributed by atoms with Gasteiger partial charge in [0.2, 0.25) is 5.91 Å². The number of carbonyl (C=O) groups excluding carboxylic acids is 1. The van der Waals surface area contributed by atoms with Crippen LogP contribution in [0.2, 0.25) is 0 Å². The Morgan fingerprint density at radius 1 is 1.48 bits per heavy atom. The highest BCUT2D eigenvalue weighted by atomic mass is 16.3. The molecule has 1 aromatic carbocycles. The molecular weight excluding hydrogens is 268 g/mol. The Kier molecular flexibility index (Phi) is 3.41. The van der Waals surface area contributed by atoms with Crippen LogP contribution in [0.15, 0.2) is 24.3 Å². The average Bonchev–Trinajstić information content (AvgIpc) is 2.98. The zero-order chi connectivity index (χ0) is 15.0. The van der Waals surface area contributed by atoms with Crippen molar-refractivity contribution in [1.82, 2.24) is 19.9 Å². The van der Waals surface area contributed by atoms with Gasteiger partial charge in [0, 0.05) is 25.4 Å². The topological polar surface area (TPSA) is 71.2 Å². The van der Waals surface area contributed by atoms with Crippen LogP contribution >= 0.6 is 0 Å². The van der Waals surface area contributed by atoms with Crippen molar-refractivity contribution in [3.8, 4) is 0 Å². The summed E-state index contributed by atoms with van der Waals surface area (Å²) in [5.74, 6) is 0.160. The van der Waals surface area contributed by atoms with Gasteiger partial charge >= 0.3 is 0 Å². The van der Waals surface area contributed by atoms with E-state index in [9.17, 15) is 9.90 Å². The molecule has 2 atom stereocenters. The number of hydrogen-bond donors (Lipinski definition) is 1. The van der Waals surface area contributed by atoms with Gasteiger partial charge in [-0.15, -0.1) is 5.10 Å². The third kappa shape index (κ3) is 2.63. The molecule has 6 nitrogen and oxygen atoms in total. The summed E-state index contributed by atoms with van der Waals surface area (Å²) in [5.41, 5.74) is 0.991. The highest BCUT2D eigenvalue weighted by Crippen LogP contribution is 2.27. The van der Waals surface area contributed by atoms with Crippen molar-refractivity contribution in [2.24, 2.45) is 5.92 Å². The minimum Gasteiger partial charge on any atom is -0.388 e. The second kappa shape index (κ2) is 5.11. The van der Waals surface area contributed by atoms with Crippen molar-refractivity contribution >= 4 is 16.9 Å². The number of β-amino-alcohol motifs (C(OH)–C–C–N with tert-alkyl or cyclic N) is 1. The van der Waals surface area contributed by atoms with Gasteiger partial charge in [-0.1, -0.05) is 24.3 Å². The number of aryl methyl sites for hydroxylation is 1. The Bertz CT molecular complexity index is 664. The Labute approximate surface area is 123 Å². The minimum absolute atomic E-state index is 0.0548. The van der Waals surface area contributed by atoms with Gasteiger partial charge in [-0.05, 0) is 19.1 Å². The molecule has 1 fully saturated rings. The largest absolute Gasteiger partial charge is 0.388 e. The number of para-hydroxylation sites is 1. The molecular formula is C15H20N4O2. The van der Waals surface area contributed by atoms with Gasteiger partial charge in [-0.2, -0.15) is 0 Å². The molecule has 21 heavy (non-hydrogen) atoms. The van der Waals surface area contributed by atoms with Crippen molar-refractivity contribution in [3.63, 3.8) is 0 Å². The summed E-state index contributed by atoms with van der Waals surface area (Å²) in [6.07, 6.45) is 0.371. The highest BCUT2D eigenvalue weighted by molar-refractivity contribution is 5.77. The number of aliphatic hydroxyl groups is 1. The van der Waals surface area contributed by atoms with E-state index in [0.717, 1.165) is 11.0 Å². The lowest BCUT2D eigenvalue weighted by Crippen LogP contribution is -2.35. The van der Waals surface area contributed by atoms with Crippen LogP contribution in [0.5, 0.6) is 0 Å². The molecule has 1 saturated heterocycles. The zero-order valence-electron chi connectivity index (χ0n) is 12.4. The molecule has 112 valence electrons. The standard InChI is InChI=1S/C15H20N4O2/c1-11-9-18(10-15(11,2)21)14(20)7-8-19-13-6-4-3-5-12(13)16-17-19/h3-6,11,21H,7-10H2,1-2H3/t11-,15+/m1/s1. The van der Waals surface area contributed by atoms with Gasteiger partial charge in [0.25, 0.3) is 0 Å². The summed E-state index contributed by atoms with van der Waals surface area (Å²) >= 11 is 0. The number of amides is 1. The maximum Gasteiger partial charge on any atom is 0.224 e. The predicted octanol–water partition coefficient (Wildman–Crippen LogP) is 1.05. The van der Waals surface area contributed by atoms with Crippen LogP contribution in [-0.4, -0.2) is 49.6 Å². The van der Waals surface area contributed by atoms with E-state index in [0.29, 0.717) is 26.1 Å². The normalized spacial score (nSPS) is 25.7. The molecule has 1 aliphatic heterocycles. The van der Waals surface area contributed by atoms with Crippen molar-refractivity contribution in [2.45, 2.75) is 32.4 Å².